The average molecular weight is 548 g/mol. The van der Waals surface area contributed by atoms with Gasteiger partial charge in [-0.2, -0.15) is 0 Å². The minimum atomic E-state index is -4.21. The molecule has 0 saturated heterocycles. The summed E-state index contributed by atoms with van der Waals surface area (Å²) < 4.78 is 41.7. The maximum Gasteiger partial charge on any atom is 0.514 e. The van der Waals surface area contributed by atoms with Gasteiger partial charge in [0.1, 0.15) is 5.75 Å². The van der Waals surface area contributed by atoms with Crippen molar-refractivity contribution in [1.82, 2.24) is 15.0 Å². The zero-order valence-electron chi connectivity index (χ0n) is 19.7. The van der Waals surface area contributed by atoms with Crippen molar-refractivity contribution in [2.75, 3.05) is 20.8 Å². The maximum absolute atomic E-state index is 12.8. The number of methoxy groups -OCH3 is 2. The minimum Gasteiger partial charge on any atom is -0.496 e. The first-order valence-electron chi connectivity index (χ1n) is 10.6. The fourth-order valence-electron chi connectivity index (χ4n) is 3.08. The van der Waals surface area contributed by atoms with Crippen molar-refractivity contribution in [3.8, 4) is 11.6 Å². The number of benzene rings is 2. The summed E-state index contributed by atoms with van der Waals surface area (Å²) in [7, 11) is -1.65. The van der Waals surface area contributed by atoms with Crippen molar-refractivity contribution in [3.63, 3.8) is 0 Å². The van der Waals surface area contributed by atoms with Gasteiger partial charge in [-0.15, -0.1) is 0 Å². The van der Waals surface area contributed by atoms with Gasteiger partial charge in [0.05, 0.1) is 30.2 Å². The van der Waals surface area contributed by atoms with Crippen LogP contribution in [0.1, 0.15) is 26.3 Å². The molecule has 0 unspecified atom stereocenters. The van der Waals surface area contributed by atoms with Crippen LogP contribution in [0, 0.1) is 0 Å². The van der Waals surface area contributed by atoms with Crippen LogP contribution in [0.4, 0.5) is 4.79 Å². The van der Waals surface area contributed by atoms with Crippen molar-refractivity contribution in [2.45, 2.75) is 11.3 Å². The van der Waals surface area contributed by atoms with Gasteiger partial charge >= 0.3 is 6.16 Å². The largest absolute Gasteiger partial charge is 0.514 e. The zero-order valence-corrected chi connectivity index (χ0v) is 21.3. The SMILES string of the molecule is COC(=O)Oc1ccc(C(=O)NS(=O)(=O)c2cccc(CCNC(=O)c3cc(Cl)ccc3OC)c2)cn1. The standard InChI is InChI=1S/C24H22ClN3O8S/c1-34-20-8-7-17(25)13-19(20)23(30)26-11-10-15-4-3-5-18(12-15)37(32,33)28-22(29)16-6-9-21(27-14-16)36-24(31)35-2/h3-9,12-14H,10-11H2,1-2H3,(H,26,30)(H,28,29). The highest BCUT2D eigenvalue weighted by Crippen LogP contribution is 2.22. The third-order valence-corrected chi connectivity index (χ3v) is 6.46. The molecule has 2 N–H and O–H groups in total. The third-order valence-electron chi connectivity index (χ3n) is 4.89. The molecular weight excluding hydrogens is 526 g/mol. The molecule has 0 aliphatic carbocycles. The van der Waals surface area contributed by atoms with E-state index in [1.54, 1.807) is 18.2 Å². The fraction of sp³-hybridized carbons (Fsp3) is 0.167. The molecule has 0 aliphatic heterocycles. The average Bonchev–Trinajstić information content (AvgIpc) is 2.88. The Labute approximate surface area is 217 Å². The number of pyridine rings is 1. The summed E-state index contributed by atoms with van der Waals surface area (Å²) in [5.74, 6) is -1.08. The molecule has 1 heterocycles. The predicted molar refractivity (Wildman–Crippen MR) is 132 cm³/mol. The van der Waals surface area contributed by atoms with Crippen LogP contribution in [0.25, 0.3) is 0 Å². The number of hydrogen-bond donors (Lipinski definition) is 2. The molecule has 0 bridgehead atoms. The lowest BCUT2D eigenvalue weighted by Gasteiger charge is -2.11. The van der Waals surface area contributed by atoms with Gasteiger partial charge in [-0.1, -0.05) is 23.7 Å². The number of carbonyl (C=O) groups excluding carboxylic acids is 3. The van der Waals surface area contributed by atoms with Crippen LogP contribution in [-0.4, -0.2) is 52.1 Å². The molecule has 194 valence electrons. The van der Waals surface area contributed by atoms with Gasteiger partial charge in [-0.3, -0.25) is 9.59 Å². The van der Waals surface area contributed by atoms with E-state index in [0.717, 1.165) is 13.3 Å². The second-order valence-corrected chi connectivity index (χ2v) is 9.49. The molecule has 0 radical (unpaired) electrons. The van der Waals surface area contributed by atoms with E-state index in [9.17, 15) is 22.8 Å². The molecule has 3 rings (SSSR count). The van der Waals surface area contributed by atoms with Crippen molar-refractivity contribution >= 4 is 39.6 Å². The zero-order chi connectivity index (χ0) is 27.0. The van der Waals surface area contributed by atoms with Crippen molar-refractivity contribution in [3.05, 3.63) is 82.5 Å². The highest BCUT2D eigenvalue weighted by molar-refractivity contribution is 7.90. The van der Waals surface area contributed by atoms with Gasteiger partial charge in [-0.25, -0.2) is 22.9 Å². The van der Waals surface area contributed by atoms with Gasteiger partial charge in [0, 0.05) is 23.8 Å². The van der Waals surface area contributed by atoms with Crippen LogP contribution < -0.4 is 19.5 Å². The first kappa shape index (κ1) is 27.4. The number of aromatic nitrogens is 1. The summed E-state index contributed by atoms with van der Waals surface area (Å²) in [6, 6.07) is 13.1. The molecule has 2 amide bonds. The molecule has 13 heteroatoms. The van der Waals surface area contributed by atoms with E-state index in [-0.39, 0.29) is 28.4 Å². The topological polar surface area (TPSA) is 150 Å². The predicted octanol–water partition coefficient (Wildman–Crippen LogP) is 2.98. The number of carbonyl (C=O) groups is 3. The van der Waals surface area contributed by atoms with Crippen LogP contribution in [0.2, 0.25) is 5.02 Å². The van der Waals surface area contributed by atoms with E-state index in [0.29, 0.717) is 22.8 Å². The molecule has 37 heavy (non-hydrogen) atoms. The Morgan fingerprint density at radius 3 is 2.46 bits per heavy atom. The molecule has 3 aromatic rings. The molecule has 11 nitrogen and oxygen atoms in total. The Kier molecular flexibility index (Phi) is 9.04. The third kappa shape index (κ3) is 7.41. The second-order valence-electron chi connectivity index (χ2n) is 7.37. The maximum atomic E-state index is 12.8. The lowest BCUT2D eigenvalue weighted by molar-refractivity contribution is 0.0948. The van der Waals surface area contributed by atoms with Gasteiger partial charge in [-0.05, 0) is 48.4 Å². The summed E-state index contributed by atoms with van der Waals surface area (Å²) in [6.07, 6.45) is 0.380. The Bertz CT molecular complexity index is 1410. The summed E-state index contributed by atoms with van der Waals surface area (Å²) >= 11 is 5.97. The number of amides is 2. The van der Waals surface area contributed by atoms with Crippen LogP contribution in [0.5, 0.6) is 11.6 Å². The number of ether oxygens (including phenoxy) is 3. The number of hydrogen-bond acceptors (Lipinski definition) is 9. The van der Waals surface area contributed by atoms with Crippen molar-refractivity contribution < 1.29 is 37.0 Å². The van der Waals surface area contributed by atoms with Crippen molar-refractivity contribution in [1.29, 1.82) is 0 Å². The highest BCUT2D eigenvalue weighted by atomic mass is 35.5. The molecule has 0 aliphatic rings. The molecular formula is C24H22ClN3O8S. The fourth-order valence-corrected chi connectivity index (χ4v) is 4.30. The van der Waals surface area contributed by atoms with E-state index in [1.807, 2.05) is 4.72 Å². The molecule has 0 atom stereocenters. The van der Waals surface area contributed by atoms with E-state index in [4.69, 9.17) is 21.1 Å². The number of halogens is 1. The summed E-state index contributed by atoms with van der Waals surface area (Å²) in [6.45, 7) is 0.204. The van der Waals surface area contributed by atoms with Crippen molar-refractivity contribution in [2.24, 2.45) is 0 Å². The number of rotatable bonds is 9. The molecule has 1 aromatic heterocycles. The lowest BCUT2D eigenvalue weighted by Crippen LogP contribution is -2.30. The van der Waals surface area contributed by atoms with Gasteiger partial charge in [0.15, 0.2) is 0 Å². The van der Waals surface area contributed by atoms with E-state index < -0.39 is 28.0 Å². The summed E-state index contributed by atoms with van der Waals surface area (Å²) in [5.41, 5.74) is 0.809. The van der Waals surface area contributed by atoms with Gasteiger partial charge < -0.3 is 19.5 Å². The van der Waals surface area contributed by atoms with Gasteiger partial charge in [0.25, 0.3) is 21.8 Å². The monoisotopic (exact) mass is 547 g/mol. The lowest BCUT2D eigenvalue weighted by atomic mass is 10.1. The first-order valence-corrected chi connectivity index (χ1v) is 12.5. The molecule has 0 spiro atoms. The van der Waals surface area contributed by atoms with E-state index in [2.05, 4.69) is 15.0 Å². The number of nitrogens with one attached hydrogen (secondary N) is 2. The Hall–Kier alpha value is -4.16. The quantitative estimate of drug-likeness (QED) is 0.385. The van der Waals surface area contributed by atoms with Crippen LogP contribution in [-0.2, 0) is 21.2 Å². The minimum absolute atomic E-state index is 0.0731. The van der Waals surface area contributed by atoms with Gasteiger partial charge in [0.2, 0.25) is 5.88 Å². The van der Waals surface area contributed by atoms with Crippen LogP contribution in [0.3, 0.4) is 0 Å². The Morgan fingerprint density at radius 2 is 1.78 bits per heavy atom. The molecule has 0 fully saturated rings. The normalized spacial score (nSPS) is 10.8. The second kappa shape index (κ2) is 12.2. The number of sulfonamides is 1. The summed E-state index contributed by atoms with van der Waals surface area (Å²) in [4.78, 5) is 39.7. The summed E-state index contributed by atoms with van der Waals surface area (Å²) in [5, 5.41) is 3.12. The first-order chi connectivity index (χ1) is 17.6. The van der Waals surface area contributed by atoms with Crippen LogP contribution in [0.15, 0.2) is 65.7 Å². The highest BCUT2D eigenvalue weighted by Gasteiger charge is 2.20. The van der Waals surface area contributed by atoms with E-state index in [1.165, 1.54) is 43.5 Å². The Balaban J connectivity index is 1.62. The Morgan fingerprint density at radius 1 is 1.00 bits per heavy atom. The van der Waals surface area contributed by atoms with E-state index >= 15 is 0 Å². The molecule has 0 saturated carbocycles. The molecule has 2 aromatic carbocycles. The smallest absolute Gasteiger partial charge is 0.496 e. The number of nitrogens with zero attached hydrogens (tertiary/aromatic N) is 1. The van der Waals surface area contributed by atoms with Crippen LogP contribution >= 0.6 is 11.6 Å².